The van der Waals surface area contributed by atoms with Gasteiger partial charge < -0.3 is 15.5 Å². The van der Waals surface area contributed by atoms with Crippen molar-refractivity contribution in [3.05, 3.63) is 71.2 Å². The summed E-state index contributed by atoms with van der Waals surface area (Å²) in [5, 5.41) is 22.6. The summed E-state index contributed by atoms with van der Waals surface area (Å²) in [7, 11) is -3.69. The molecule has 5 rings (SSSR count). The van der Waals surface area contributed by atoms with Gasteiger partial charge in [-0.2, -0.15) is 4.31 Å². The van der Waals surface area contributed by atoms with Crippen LogP contribution in [0.15, 0.2) is 65.6 Å². The van der Waals surface area contributed by atoms with Crippen LogP contribution in [0.3, 0.4) is 0 Å². The molecule has 2 aliphatic rings. The van der Waals surface area contributed by atoms with E-state index < -0.39 is 15.4 Å². The maximum absolute atomic E-state index is 13.1. The minimum Gasteiger partial charge on any atom is -0.506 e. The van der Waals surface area contributed by atoms with Gasteiger partial charge in [0.2, 0.25) is 15.9 Å². The Balaban J connectivity index is 0.00000200. The van der Waals surface area contributed by atoms with E-state index in [1.54, 1.807) is 42.5 Å². The molecule has 1 saturated carbocycles. The van der Waals surface area contributed by atoms with Crippen molar-refractivity contribution in [2.45, 2.75) is 42.0 Å². The molecule has 36 heavy (non-hydrogen) atoms. The lowest BCUT2D eigenvalue weighted by molar-refractivity contribution is -0.118. The Hall–Kier alpha value is -2.98. The average Bonchev–Trinajstić information content (AvgIpc) is 3.55. The van der Waals surface area contributed by atoms with E-state index >= 15 is 0 Å². The third-order valence-electron chi connectivity index (χ3n) is 6.96. The SMILES string of the molecule is O=C(Nc1cccc(-c2ccc(S(=O)(=O)N3CCC[C@@H]3CO)cc2)n1)C1(c2ccc(Cl)c(O)c2)CC1.[HH].[HH].[HH].[HH]. The molecular weight excluding hydrogens is 502 g/mol. The van der Waals surface area contributed by atoms with Gasteiger partial charge in [-0.25, -0.2) is 13.4 Å². The van der Waals surface area contributed by atoms with Gasteiger partial charge in [0, 0.05) is 23.9 Å². The molecule has 8 nitrogen and oxygen atoms in total. The normalized spacial score (nSPS) is 19.2. The van der Waals surface area contributed by atoms with Crippen molar-refractivity contribution in [3.63, 3.8) is 0 Å². The molecule has 10 heteroatoms. The molecule has 1 amide bonds. The number of phenols is 1. The third kappa shape index (κ3) is 4.48. The first-order chi connectivity index (χ1) is 17.2. The van der Waals surface area contributed by atoms with Crippen molar-refractivity contribution in [3.8, 4) is 17.0 Å². The van der Waals surface area contributed by atoms with Crippen LogP contribution in [0, 0.1) is 0 Å². The van der Waals surface area contributed by atoms with Gasteiger partial charge in [0.15, 0.2) is 0 Å². The van der Waals surface area contributed by atoms with Gasteiger partial charge in [-0.05, 0) is 67.6 Å². The fourth-order valence-electron chi connectivity index (χ4n) is 4.72. The van der Waals surface area contributed by atoms with Crippen LogP contribution in [0.1, 0.15) is 37.0 Å². The van der Waals surface area contributed by atoms with Crippen molar-refractivity contribution >= 4 is 33.3 Å². The Morgan fingerprint density at radius 1 is 1.17 bits per heavy atom. The zero-order valence-electron chi connectivity index (χ0n) is 19.4. The van der Waals surface area contributed by atoms with Gasteiger partial charge in [0.05, 0.1) is 27.6 Å². The quantitative estimate of drug-likeness (QED) is 0.395. The number of hydrogen-bond donors (Lipinski definition) is 3. The van der Waals surface area contributed by atoms with E-state index in [1.807, 2.05) is 0 Å². The zero-order chi connectivity index (χ0) is 25.5. The van der Waals surface area contributed by atoms with Crippen LogP contribution in [0.4, 0.5) is 5.82 Å². The summed E-state index contributed by atoms with van der Waals surface area (Å²) in [4.78, 5) is 17.8. The number of aliphatic hydroxyl groups is 1. The van der Waals surface area contributed by atoms with Crippen molar-refractivity contribution in [2.24, 2.45) is 0 Å². The van der Waals surface area contributed by atoms with Crippen LogP contribution < -0.4 is 5.32 Å². The summed E-state index contributed by atoms with van der Waals surface area (Å²) in [6.07, 6.45) is 2.69. The van der Waals surface area contributed by atoms with Crippen molar-refractivity contribution in [1.82, 2.24) is 9.29 Å². The Kier molecular flexibility index (Phi) is 6.50. The van der Waals surface area contributed by atoms with Gasteiger partial charge >= 0.3 is 0 Å². The zero-order valence-corrected chi connectivity index (χ0v) is 21.0. The lowest BCUT2D eigenvalue weighted by Crippen LogP contribution is -2.37. The molecule has 3 aromatic rings. The molecule has 196 valence electrons. The summed E-state index contributed by atoms with van der Waals surface area (Å²) >= 11 is 5.91. The largest absolute Gasteiger partial charge is 0.506 e. The van der Waals surface area contributed by atoms with Crippen LogP contribution >= 0.6 is 11.6 Å². The van der Waals surface area contributed by atoms with Crippen molar-refractivity contribution < 1.29 is 29.1 Å². The predicted molar refractivity (Wildman–Crippen MR) is 145 cm³/mol. The van der Waals surface area contributed by atoms with E-state index in [-0.39, 0.29) is 39.9 Å². The number of halogens is 1. The minimum absolute atomic E-state index is 0. The number of amides is 1. The Labute approximate surface area is 220 Å². The van der Waals surface area contributed by atoms with Gasteiger partial charge in [0.25, 0.3) is 0 Å². The maximum Gasteiger partial charge on any atom is 0.243 e. The maximum atomic E-state index is 13.1. The van der Waals surface area contributed by atoms with E-state index in [1.165, 1.54) is 22.5 Å². The van der Waals surface area contributed by atoms with E-state index in [0.29, 0.717) is 48.4 Å². The molecule has 2 heterocycles. The second-order valence-corrected chi connectivity index (χ2v) is 11.5. The number of sulfonamides is 1. The second kappa shape index (κ2) is 9.48. The summed E-state index contributed by atoms with van der Waals surface area (Å²) in [6, 6.07) is 16.2. The van der Waals surface area contributed by atoms with Crippen LogP contribution in [0.2, 0.25) is 5.02 Å². The number of benzene rings is 2. The molecule has 0 radical (unpaired) electrons. The van der Waals surface area contributed by atoms with E-state index in [0.717, 1.165) is 6.42 Å². The van der Waals surface area contributed by atoms with E-state index in [4.69, 9.17) is 11.6 Å². The number of pyridine rings is 1. The highest BCUT2D eigenvalue weighted by Gasteiger charge is 2.51. The first kappa shape index (κ1) is 24.7. The van der Waals surface area contributed by atoms with Crippen LogP contribution in [-0.4, -0.2) is 53.0 Å². The standard InChI is InChI=1S/C26H26ClN3O5S.4H2/c27-21-11-8-18(15-23(21)32)26(12-13-26)25(33)29-24-5-1-4-22(28-24)17-6-9-20(10-7-17)36(34,35)30-14-2-3-19(30)16-31;;;;/h1,4-11,15,19,31-32H,2-3,12-14,16H2,(H,28,29,33);4*1H/t19-;;;;/m1..../s1. The van der Waals surface area contributed by atoms with E-state index in [2.05, 4.69) is 10.3 Å². The molecule has 1 atom stereocenters. The topological polar surface area (TPSA) is 120 Å². The molecule has 2 aromatic carbocycles. The number of aromatic hydroxyl groups is 1. The highest BCUT2D eigenvalue weighted by atomic mass is 35.5. The smallest absolute Gasteiger partial charge is 0.243 e. The molecule has 2 fully saturated rings. The second-order valence-electron chi connectivity index (χ2n) is 9.23. The number of aromatic nitrogens is 1. The fraction of sp³-hybridized carbons (Fsp3) is 0.308. The number of carbonyl (C=O) groups excluding carboxylic acids is 1. The number of rotatable bonds is 7. The molecule has 0 spiro atoms. The van der Waals surface area contributed by atoms with Gasteiger partial charge in [-0.1, -0.05) is 35.9 Å². The summed E-state index contributed by atoms with van der Waals surface area (Å²) in [5.41, 5.74) is 1.27. The predicted octanol–water partition coefficient (Wildman–Crippen LogP) is 4.91. The lowest BCUT2D eigenvalue weighted by Gasteiger charge is -2.22. The van der Waals surface area contributed by atoms with Gasteiger partial charge in [0.1, 0.15) is 11.6 Å². The van der Waals surface area contributed by atoms with Crippen molar-refractivity contribution in [1.29, 1.82) is 0 Å². The average molecular weight is 536 g/mol. The summed E-state index contributed by atoms with van der Waals surface area (Å²) in [5.74, 6) is 0.108. The molecule has 0 unspecified atom stereocenters. The van der Waals surface area contributed by atoms with Gasteiger partial charge in [-0.3, -0.25) is 4.79 Å². The van der Waals surface area contributed by atoms with E-state index in [9.17, 15) is 23.4 Å². The molecule has 3 N–H and O–H groups in total. The molecule has 1 aliphatic carbocycles. The molecule has 1 aromatic heterocycles. The number of carbonyl (C=O) groups is 1. The molecule has 0 bridgehead atoms. The first-order valence-corrected chi connectivity index (χ1v) is 13.6. The summed E-state index contributed by atoms with van der Waals surface area (Å²) < 4.78 is 27.4. The monoisotopic (exact) mass is 535 g/mol. The number of anilines is 1. The minimum atomic E-state index is -3.69. The lowest BCUT2D eigenvalue weighted by atomic mass is 9.94. The molecule has 1 saturated heterocycles. The van der Waals surface area contributed by atoms with Crippen LogP contribution in [-0.2, 0) is 20.2 Å². The molecular formula is C26H34ClN3O5S. The number of nitrogens with one attached hydrogen (secondary N) is 1. The highest BCUT2D eigenvalue weighted by molar-refractivity contribution is 7.89. The number of aliphatic hydroxyl groups excluding tert-OH is 1. The van der Waals surface area contributed by atoms with Crippen LogP contribution in [0.5, 0.6) is 5.75 Å². The number of hydrogen-bond acceptors (Lipinski definition) is 6. The number of nitrogens with zero attached hydrogens (tertiary/aromatic N) is 2. The highest BCUT2D eigenvalue weighted by Crippen LogP contribution is 2.50. The fourth-order valence-corrected chi connectivity index (χ4v) is 6.53. The Morgan fingerprint density at radius 3 is 2.58 bits per heavy atom. The number of phenolic OH excluding ortho intramolecular Hbond substituents is 1. The third-order valence-corrected chi connectivity index (χ3v) is 9.25. The Morgan fingerprint density at radius 2 is 1.92 bits per heavy atom. The van der Waals surface area contributed by atoms with Crippen LogP contribution in [0.25, 0.3) is 11.3 Å². The van der Waals surface area contributed by atoms with Gasteiger partial charge in [-0.15, -0.1) is 0 Å². The summed E-state index contributed by atoms with van der Waals surface area (Å²) in [6.45, 7) is 0.204. The Bertz CT molecular complexity index is 1430. The van der Waals surface area contributed by atoms with Crippen molar-refractivity contribution in [2.75, 3.05) is 18.5 Å². The first-order valence-electron chi connectivity index (χ1n) is 11.8. The molecule has 1 aliphatic heterocycles.